The quantitative estimate of drug-likeness (QED) is 0.552. The van der Waals surface area contributed by atoms with E-state index in [1.165, 1.54) is 6.08 Å². The molecule has 3 rings (SSSR count). The minimum Gasteiger partial charge on any atom is -0.355 e. The molecule has 0 heterocycles. The predicted octanol–water partition coefficient (Wildman–Crippen LogP) is 3.75. The zero-order valence-electron chi connectivity index (χ0n) is 14.7. The van der Waals surface area contributed by atoms with E-state index in [0.717, 1.165) is 10.8 Å². The number of benzene rings is 3. The first-order valence-corrected chi connectivity index (χ1v) is 8.35. The Morgan fingerprint density at radius 3 is 2.37 bits per heavy atom. The van der Waals surface area contributed by atoms with Gasteiger partial charge in [-0.05, 0) is 35.2 Å². The monoisotopic (exact) mass is 355 g/mol. The normalized spacial score (nSPS) is 10.9. The topological polar surface area (TPSA) is 82.0 Å². The van der Waals surface area contributed by atoms with E-state index in [1.807, 2.05) is 42.5 Å². The predicted molar refractivity (Wildman–Crippen MR) is 106 cm³/mol. The molecule has 3 aromatic rings. The highest BCUT2D eigenvalue weighted by atomic mass is 16.2. The number of amides is 2. The Morgan fingerprint density at radius 1 is 0.963 bits per heavy atom. The average molecular weight is 355 g/mol. The molecule has 0 aromatic heterocycles. The van der Waals surface area contributed by atoms with E-state index in [1.54, 1.807) is 37.4 Å². The lowest BCUT2D eigenvalue weighted by Crippen LogP contribution is -2.17. The fourth-order valence-corrected chi connectivity index (χ4v) is 2.71. The highest BCUT2D eigenvalue weighted by Crippen LogP contribution is 2.23. The lowest BCUT2D eigenvalue weighted by atomic mass is 10.1. The highest BCUT2D eigenvalue weighted by molar-refractivity contribution is 6.13. The molecule has 0 unspecified atom stereocenters. The van der Waals surface area contributed by atoms with Crippen molar-refractivity contribution in [3.63, 3.8) is 0 Å². The third-order valence-corrected chi connectivity index (χ3v) is 4.11. The molecular weight excluding hydrogens is 338 g/mol. The molecule has 0 saturated carbocycles. The summed E-state index contributed by atoms with van der Waals surface area (Å²) in [7, 11) is 1.56. The fraction of sp³-hybridized carbons (Fsp3) is 0.0455. The van der Waals surface area contributed by atoms with Crippen LogP contribution >= 0.6 is 0 Å². The minimum absolute atomic E-state index is 0.0179. The zero-order chi connectivity index (χ0) is 19.2. The zero-order valence-corrected chi connectivity index (χ0v) is 14.7. The smallest absolute Gasteiger partial charge is 0.266 e. The largest absolute Gasteiger partial charge is 0.355 e. The lowest BCUT2D eigenvalue weighted by Gasteiger charge is -2.08. The van der Waals surface area contributed by atoms with E-state index in [0.29, 0.717) is 16.8 Å². The number of hydrogen-bond donors (Lipinski definition) is 2. The van der Waals surface area contributed by atoms with Crippen LogP contribution < -0.4 is 10.6 Å². The van der Waals surface area contributed by atoms with E-state index in [4.69, 9.17) is 0 Å². The number of carbonyl (C=O) groups excluding carboxylic acids is 2. The number of rotatable bonds is 4. The number of carbonyl (C=O) groups is 2. The van der Waals surface area contributed by atoms with Crippen molar-refractivity contribution >= 4 is 34.4 Å². The van der Waals surface area contributed by atoms with E-state index in [-0.39, 0.29) is 11.5 Å². The van der Waals surface area contributed by atoms with E-state index < -0.39 is 5.91 Å². The SMILES string of the molecule is CNC(=O)c1ccc(C=C(C#N)C(=O)Nc2cccc3ccccc23)cc1. The molecule has 0 atom stereocenters. The summed E-state index contributed by atoms with van der Waals surface area (Å²) in [6, 6.07) is 21.9. The molecule has 0 fully saturated rings. The second-order valence-electron chi connectivity index (χ2n) is 5.85. The van der Waals surface area contributed by atoms with Gasteiger partial charge in [0.25, 0.3) is 11.8 Å². The molecular formula is C22H17N3O2. The van der Waals surface area contributed by atoms with Crippen molar-refractivity contribution in [1.29, 1.82) is 5.26 Å². The molecule has 27 heavy (non-hydrogen) atoms. The maximum atomic E-state index is 12.5. The van der Waals surface area contributed by atoms with E-state index in [9.17, 15) is 14.9 Å². The van der Waals surface area contributed by atoms with Gasteiger partial charge in [-0.2, -0.15) is 5.26 Å². The van der Waals surface area contributed by atoms with Gasteiger partial charge in [0.15, 0.2) is 0 Å². The average Bonchev–Trinajstić information content (AvgIpc) is 2.72. The number of nitrogens with one attached hydrogen (secondary N) is 2. The van der Waals surface area contributed by atoms with E-state index in [2.05, 4.69) is 10.6 Å². The lowest BCUT2D eigenvalue weighted by molar-refractivity contribution is -0.112. The summed E-state index contributed by atoms with van der Waals surface area (Å²) in [4.78, 5) is 24.1. The second kappa shape index (κ2) is 7.98. The van der Waals surface area contributed by atoms with Gasteiger partial charge in [-0.1, -0.05) is 48.5 Å². The van der Waals surface area contributed by atoms with Crippen LogP contribution in [-0.4, -0.2) is 18.9 Å². The van der Waals surface area contributed by atoms with Crippen molar-refractivity contribution in [2.45, 2.75) is 0 Å². The van der Waals surface area contributed by atoms with Gasteiger partial charge < -0.3 is 10.6 Å². The molecule has 3 aromatic carbocycles. The van der Waals surface area contributed by atoms with Crippen molar-refractivity contribution in [2.75, 3.05) is 12.4 Å². The number of hydrogen-bond acceptors (Lipinski definition) is 3. The molecule has 2 amide bonds. The maximum Gasteiger partial charge on any atom is 0.266 e. The number of nitriles is 1. The number of anilines is 1. The first-order chi connectivity index (χ1) is 13.1. The van der Waals surface area contributed by atoms with Crippen LogP contribution in [0.15, 0.2) is 72.3 Å². The van der Waals surface area contributed by atoms with Crippen molar-refractivity contribution in [2.24, 2.45) is 0 Å². The van der Waals surface area contributed by atoms with Crippen LogP contribution in [0.1, 0.15) is 15.9 Å². The van der Waals surface area contributed by atoms with Crippen molar-refractivity contribution < 1.29 is 9.59 Å². The standard InChI is InChI=1S/C22H17N3O2/c1-24-21(26)17-11-9-15(10-12-17)13-18(14-23)22(27)25-20-8-4-6-16-5-2-3-7-19(16)20/h2-13H,1H3,(H,24,26)(H,25,27). The van der Waals surface area contributed by atoms with Gasteiger partial charge in [-0.15, -0.1) is 0 Å². The molecule has 0 aliphatic rings. The van der Waals surface area contributed by atoms with Gasteiger partial charge in [0.1, 0.15) is 11.6 Å². The Bertz CT molecular complexity index is 1070. The van der Waals surface area contributed by atoms with Crippen molar-refractivity contribution in [3.05, 3.63) is 83.4 Å². The molecule has 5 heteroatoms. The van der Waals surface area contributed by atoms with Crippen LogP contribution in [0.25, 0.3) is 16.8 Å². The fourth-order valence-electron chi connectivity index (χ4n) is 2.71. The minimum atomic E-state index is -0.482. The Labute approximate surface area is 156 Å². The Morgan fingerprint density at radius 2 is 1.67 bits per heavy atom. The number of nitrogens with zero attached hydrogens (tertiary/aromatic N) is 1. The maximum absolute atomic E-state index is 12.5. The number of fused-ring (bicyclic) bond motifs is 1. The van der Waals surface area contributed by atoms with Gasteiger partial charge >= 0.3 is 0 Å². The Hall–Kier alpha value is -3.91. The molecule has 0 bridgehead atoms. The summed E-state index contributed by atoms with van der Waals surface area (Å²) in [6.07, 6.45) is 1.49. The summed E-state index contributed by atoms with van der Waals surface area (Å²) in [5.41, 5.74) is 1.80. The molecule has 0 saturated heterocycles. The van der Waals surface area contributed by atoms with Crippen LogP contribution in [-0.2, 0) is 4.79 Å². The molecule has 0 spiro atoms. The summed E-state index contributed by atoms with van der Waals surface area (Å²) >= 11 is 0. The third kappa shape index (κ3) is 4.02. The van der Waals surface area contributed by atoms with E-state index >= 15 is 0 Å². The summed E-state index contributed by atoms with van der Waals surface area (Å²) in [6.45, 7) is 0. The summed E-state index contributed by atoms with van der Waals surface area (Å²) < 4.78 is 0. The molecule has 2 N–H and O–H groups in total. The molecule has 5 nitrogen and oxygen atoms in total. The van der Waals surface area contributed by atoms with Crippen LogP contribution in [0.5, 0.6) is 0 Å². The van der Waals surface area contributed by atoms with Gasteiger partial charge in [0.05, 0.1) is 0 Å². The van der Waals surface area contributed by atoms with Crippen molar-refractivity contribution in [1.82, 2.24) is 5.32 Å². The van der Waals surface area contributed by atoms with Crippen LogP contribution in [0, 0.1) is 11.3 Å². The summed E-state index contributed by atoms with van der Waals surface area (Å²) in [5.74, 6) is -0.677. The molecule has 0 radical (unpaired) electrons. The highest BCUT2D eigenvalue weighted by Gasteiger charge is 2.11. The Kier molecular flexibility index (Phi) is 5.29. The first-order valence-electron chi connectivity index (χ1n) is 8.35. The molecule has 132 valence electrons. The summed E-state index contributed by atoms with van der Waals surface area (Å²) in [5, 5.41) is 16.6. The van der Waals surface area contributed by atoms with Gasteiger partial charge in [-0.3, -0.25) is 9.59 Å². The van der Waals surface area contributed by atoms with Crippen molar-refractivity contribution in [3.8, 4) is 6.07 Å². The van der Waals surface area contributed by atoms with Gasteiger partial charge in [-0.25, -0.2) is 0 Å². The second-order valence-corrected chi connectivity index (χ2v) is 5.85. The third-order valence-electron chi connectivity index (χ3n) is 4.11. The van der Waals surface area contributed by atoms with Crippen LogP contribution in [0.4, 0.5) is 5.69 Å². The molecule has 0 aliphatic carbocycles. The Balaban J connectivity index is 1.84. The van der Waals surface area contributed by atoms with Crippen LogP contribution in [0.3, 0.4) is 0 Å². The molecule has 0 aliphatic heterocycles. The first kappa shape index (κ1) is 17.9. The van der Waals surface area contributed by atoms with Gasteiger partial charge in [0, 0.05) is 23.7 Å². The van der Waals surface area contributed by atoms with Crippen LogP contribution in [0.2, 0.25) is 0 Å². The van der Waals surface area contributed by atoms with Gasteiger partial charge in [0.2, 0.25) is 0 Å².